The molecule has 1 aliphatic heterocycles. The van der Waals surface area contributed by atoms with Crippen molar-refractivity contribution in [2.45, 2.75) is 19.3 Å². The van der Waals surface area contributed by atoms with Gasteiger partial charge in [0.05, 0.1) is 16.7 Å². The largest absolute Gasteiger partial charge is 0.354 e. The number of benzene rings is 7. The molecule has 1 aromatic heterocycles. The minimum absolute atomic E-state index is 0.490. The van der Waals surface area contributed by atoms with E-state index in [0.29, 0.717) is 5.92 Å². The van der Waals surface area contributed by atoms with Gasteiger partial charge in [-0.1, -0.05) is 110 Å². The third kappa shape index (κ3) is 4.41. The van der Waals surface area contributed by atoms with Gasteiger partial charge in [0.2, 0.25) is 0 Å². The van der Waals surface area contributed by atoms with Crippen LogP contribution in [0.5, 0.6) is 0 Å². The van der Waals surface area contributed by atoms with Crippen molar-refractivity contribution in [3.8, 4) is 50.2 Å². The number of nitrogens with zero attached hydrogens (tertiary/aromatic N) is 1. The average Bonchev–Trinajstić information content (AvgIpc) is 3.42. The van der Waals surface area contributed by atoms with Crippen molar-refractivity contribution in [2.24, 2.45) is 0 Å². The highest BCUT2D eigenvalue weighted by atomic mass is 15.0. The van der Waals surface area contributed by atoms with Crippen LogP contribution in [0, 0.1) is 0 Å². The summed E-state index contributed by atoms with van der Waals surface area (Å²) in [5.41, 5.74) is 18.5. The SMILES string of the molecule is CC1CC=Cc2cc3c(cc21)-c1ccccc1Nc1c(-c2ccccc2)cc(-c2ccc4c(c2)c2ccccc2n4-c2ccccc2)cc1-3. The van der Waals surface area contributed by atoms with Crippen LogP contribution in [0.15, 0.2) is 158 Å². The fourth-order valence-corrected chi connectivity index (χ4v) is 8.15. The van der Waals surface area contributed by atoms with Crippen molar-refractivity contribution >= 4 is 39.3 Å². The molecule has 2 aliphatic rings. The molecule has 0 bridgehead atoms. The van der Waals surface area contributed by atoms with E-state index in [1.54, 1.807) is 0 Å². The van der Waals surface area contributed by atoms with Crippen LogP contribution in [0.3, 0.4) is 0 Å². The number of anilines is 2. The van der Waals surface area contributed by atoms with E-state index in [-0.39, 0.29) is 0 Å². The Labute approximate surface area is 286 Å². The molecule has 8 aromatic rings. The van der Waals surface area contributed by atoms with Gasteiger partial charge >= 0.3 is 0 Å². The molecule has 1 N–H and O–H groups in total. The zero-order chi connectivity index (χ0) is 32.5. The van der Waals surface area contributed by atoms with Gasteiger partial charge in [-0.05, 0) is 112 Å². The first-order valence-corrected chi connectivity index (χ1v) is 17.2. The van der Waals surface area contributed by atoms with Gasteiger partial charge in [0.15, 0.2) is 0 Å². The van der Waals surface area contributed by atoms with E-state index in [1.807, 2.05) is 0 Å². The Kier molecular flexibility index (Phi) is 6.25. The molecule has 232 valence electrons. The summed E-state index contributed by atoms with van der Waals surface area (Å²) in [5, 5.41) is 6.47. The van der Waals surface area contributed by atoms with E-state index in [2.05, 4.69) is 181 Å². The Balaban J connectivity index is 1.26. The summed E-state index contributed by atoms with van der Waals surface area (Å²) in [6.07, 6.45) is 5.72. The molecule has 7 aromatic carbocycles. The van der Waals surface area contributed by atoms with Crippen molar-refractivity contribution in [3.63, 3.8) is 0 Å². The van der Waals surface area contributed by atoms with Crippen molar-refractivity contribution in [1.29, 1.82) is 0 Å². The van der Waals surface area contributed by atoms with Crippen LogP contribution in [0.25, 0.3) is 78.1 Å². The van der Waals surface area contributed by atoms with E-state index in [0.717, 1.165) is 17.8 Å². The van der Waals surface area contributed by atoms with Crippen molar-refractivity contribution in [3.05, 3.63) is 169 Å². The maximum atomic E-state index is 3.95. The second-order valence-electron chi connectivity index (χ2n) is 13.5. The molecule has 10 rings (SSSR count). The van der Waals surface area contributed by atoms with Crippen LogP contribution in [0.4, 0.5) is 11.4 Å². The molecule has 0 fully saturated rings. The van der Waals surface area contributed by atoms with Crippen LogP contribution in [-0.4, -0.2) is 4.57 Å². The number of fused-ring (bicyclic) bond motifs is 9. The molecule has 0 spiro atoms. The highest BCUT2D eigenvalue weighted by Gasteiger charge is 2.26. The van der Waals surface area contributed by atoms with E-state index >= 15 is 0 Å². The van der Waals surface area contributed by atoms with Crippen molar-refractivity contribution in [1.82, 2.24) is 4.57 Å². The third-order valence-corrected chi connectivity index (χ3v) is 10.6. The Morgan fingerprint density at radius 2 is 1.24 bits per heavy atom. The molecule has 0 radical (unpaired) electrons. The minimum atomic E-state index is 0.490. The van der Waals surface area contributed by atoms with E-state index in [1.165, 1.54) is 83.1 Å². The van der Waals surface area contributed by atoms with Gasteiger partial charge in [-0.3, -0.25) is 0 Å². The van der Waals surface area contributed by atoms with Gasteiger partial charge in [-0.25, -0.2) is 0 Å². The summed E-state index contributed by atoms with van der Waals surface area (Å²) in [7, 11) is 0. The van der Waals surface area contributed by atoms with Crippen molar-refractivity contribution < 1.29 is 0 Å². The first kappa shape index (κ1) is 27.9. The predicted octanol–water partition coefficient (Wildman–Crippen LogP) is 13.0. The van der Waals surface area contributed by atoms with Crippen LogP contribution >= 0.6 is 0 Å². The first-order valence-electron chi connectivity index (χ1n) is 17.2. The summed E-state index contributed by atoms with van der Waals surface area (Å²) in [4.78, 5) is 0. The Bertz CT molecular complexity index is 2610. The normalized spacial score (nSPS) is 14.4. The fraction of sp³-hybridized carbons (Fsp3) is 0.0638. The predicted molar refractivity (Wildman–Crippen MR) is 208 cm³/mol. The van der Waals surface area contributed by atoms with Crippen LogP contribution < -0.4 is 5.32 Å². The number of aromatic nitrogens is 1. The molecule has 2 heterocycles. The van der Waals surface area contributed by atoms with Crippen LogP contribution in [0.1, 0.15) is 30.4 Å². The molecular formula is C47H34N2. The third-order valence-electron chi connectivity index (χ3n) is 10.6. The highest BCUT2D eigenvalue weighted by molar-refractivity contribution is 6.11. The zero-order valence-electron chi connectivity index (χ0n) is 27.3. The number of hydrogen-bond donors (Lipinski definition) is 1. The molecule has 1 atom stereocenters. The molecule has 49 heavy (non-hydrogen) atoms. The van der Waals surface area contributed by atoms with Gasteiger partial charge < -0.3 is 9.88 Å². The van der Waals surface area contributed by atoms with E-state index in [4.69, 9.17) is 0 Å². The molecule has 0 saturated carbocycles. The standard InChI is InChI=1S/C47H34N2/c1-30-13-12-16-33-26-40-41(29-38(30)33)36-19-8-10-21-44(36)48-47-39(31-14-4-2-5-15-31)27-34(28-43(40)47)32-23-24-46-42(25-32)37-20-9-11-22-45(37)49(46)35-17-6-3-7-18-35/h2-12,14-30,48H,13H2,1H3. The fourth-order valence-electron chi connectivity index (χ4n) is 8.15. The van der Waals surface area contributed by atoms with Crippen molar-refractivity contribution in [2.75, 3.05) is 5.32 Å². The highest BCUT2D eigenvalue weighted by Crippen LogP contribution is 2.51. The Morgan fingerprint density at radius 3 is 2.12 bits per heavy atom. The first-order chi connectivity index (χ1) is 24.2. The molecule has 0 amide bonds. The molecular weight excluding hydrogens is 593 g/mol. The maximum absolute atomic E-state index is 3.95. The Morgan fingerprint density at radius 1 is 0.531 bits per heavy atom. The van der Waals surface area contributed by atoms with E-state index < -0.39 is 0 Å². The quantitative estimate of drug-likeness (QED) is 0.206. The van der Waals surface area contributed by atoms with Gasteiger partial charge in [-0.15, -0.1) is 0 Å². The number of nitrogens with one attached hydrogen (secondary N) is 1. The Hall–Kier alpha value is -6.12. The topological polar surface area (TPSA) is 17.0 Å². The monoisotopic (exact) mass is 626 g/mol. The molecule has 1 aliphatic carbocycles. The van der Waals surface area contributed by atoms with Crippen LogP contribution in [-0.2, 0) is 0 Å². The number of para-hydroxylation sites is 3. The lowest BCUT2D eigenvalue weighted by molar-refractivity contribution is 0.772. The molecule has 0 saturated heterocycles. The minimum Gasteiger partial charge on any atom is -0.354 e. The number of rotatable bonds is 3. The molecule has 2 heteroatoms. The van der Waals surface area contributed by atoms with E-state index in [9.17, 15) is 0 Å². The zero-order valence-corrected chi connectivity index (χ0v) is 27.3. The lowest BCUT2D eigenvalue weighted by Gasteiger charge is -2.22. The van der Waals surface area contributed by atoms with Gasteiger partial charge in [-0.2, -0.15) is 0 Å². The summed E-state index contributed by atoms with van der Waals surface area (Å²) >= 11 is 0. The second-order valence-corrected chi connectivity index (χ2v) is 13.5. The number of allylic oxidation sites excluding steroid dienone is 1. The smallest absolute Gasteiger partial charge is 0.0544 e. The second kappa shape index (κ2) is 11.0. The number of hydrogen-bond acceptors (Lipinski definition) is 1. The summed E-state index contributed by atoms with van der Waals surface area (Å²) in [5.74, 6) is 0.490. The lowest BCUT2D eigenvalue weighted by atomic mass is 9.82. The molecule has 1 unspecified atom stereocenters. The lowest BCUT2D eigenvalue weighted by Crippen LogP contribution is -2.01. The molecule has 2 nitrogen and oxygen atoms in total. The average molecular weight is 627 g/mol. The summed E-state index contributed by atoms with van der Waals surface area (Å²) < 4.78 is 2.38. The summed E-state index contributed by atoms with van der Waals surface area (Å²) in [6, 6.07) is 55.8. The van der Waals surface area contributed by atoms with Gasteiger partial charge in [0, 0.05) is 38.8 Å². The van der Waals surface area contributed by atoms with Crippen LogP contribution in [0.2, 0.25) is 0 Å². The van der Waals surface area contributed by atoms with Gasteiger partial charge in [0.25, 0.3) is 0 Å². The maximum Gasteiger partial charge on any atom is 0.0544 e. The summed E-state index contributed by atoms with van der Waals surface area (Å²) in [6.45, 7) is 2.35. The van der Waals surface area contributed by atoms with Gasteiger partial charge in [0.1, 0.15) is 0 Å².